The number of anilines is 2. The van der Waals surface area contributed by atoms with Crippen LogP contribution in [0.5, 0.6) is 0 Å². The Morgan fingerprint density at radius 2 is 2.11 bits per heavy atom. The van der Waals surface area contributed by atoms with Crippen molar-refractivity contribution in [3.63, 3.8) is 0 Å². The summed E-state index contributed by atoms with van der Waals surface area (Å²) in [7, 11) is 0. The minimum absolute atomic E-state index is 0.0226. The highest BCUT2D eigenvalue weighted by Crippen LogP contribution is 2.26. The smallest absolute Gasteiger partial charge is 0.241 e. The van der Waals surface area contributed by atoms with Gasteiger partial charge in [0, 0.05) is 0 Å². The summed E-state index contributed by atoms with van der Waals surface area (Å²) in [6.45, 7) is 4.06. The van der Waals surface area contributed by atoms with E-state index >= 15 is 0 Å². The second-order valence-corrected chi connectivity index (χ2v) is 4.44. The van der Waals surface area contributed by atoms with E-state index < -0.39 is 5.54 Å². The Labute approximate surface area is 110 Å². The first-order valence-electron chi connectivity index (χ1n) is 6.24. The molecule has 8 nitrogen and oxygen atoms in total. The van der Waals surface area contributed by atoms with Crippen LogP contribution in [0.4, 0.5) is 11.8 Å². The molecule has 0 saturated carbocycles. The Bertz CT molecular complexity index is 541. The maximum absolute atomic E-state index is 9.62. The molecule has 0 bridgehead atoms. The predicted octanol–water partition coefficient (Wildman–Crippen LogP) is 0.602. The number of nitrogens with zero attached hydrogens (tertiary/aromatic N) is 3. The van der Waals surface area contributed by atoms with Crippen molar-refractivity contribution in [3.05, 3.63) is 6.20 Å². The number of aliphatic hydroxyl groups is 1. The van der Waals surface area contributed by atoms with Crippen molar-refractivity contribution in [3.8, 4) is 0 Å². The van der Waals surface area contributed by atoms with Gasteiger partial charge in [0.15, 0.2) is 5.65 Å². The highest BCUT2D eigenvalue weighted by Gasteiger charge is 2.26. The van der Waals surface area contributed by atoms with Gasteiger partial charge >= 0.3 is 0 Å². The third-order valence-electron chi connectivity index (χ3n) is 3.48. The zero-order valence-electron chi connectivity index (χ0n) is 11.1. The van der Waals surface area contributed by atoms with Gasteiger partial charge in [-0.1, -0.05) is 13.8 Å². The first kappa shape index (κ1) is 13.5. The molecule has 0 atom stereocenters. The molecule has 8 heteroatoms. The van der Waals surface area contributed by atoms with Crippen LogP contribution in [0.3, 0.4) is 0 Å². The molecule has 2 heterocycles. The van der Waals surface area contributed by atoms with Crippen molar-refractivity contribution in [1.82, 2.24) is 20.2 Å². The van der Waals surface area contributed by atoms with Gasteiger partial charge in [-0.3, -0.25) is 10.5 Å². The van der Waals surface area contributed by atoms with Crippen molar-refractivity contribution in [2.45, 2.75) is 32.2 Å². The molecular weight excluding hydrogens is 246 g/mol. The normalized spacial score (nSPS) is 11.8. The number of aromatic amines is 1. The Morgan fingerprint density at radius 1 is 1.37 bits per heavy atom. The molecular formula is C11H19N7O. The van der Waals surface area contributed by atoms with E-state index in [1.165, 1.54) is 0 Å². The monoisotopic (exact) mass is 265 g/mol. The number of rotatable bonds is 6. The van der Waals surface area contributed by atoms with E-state index in [2.05, 4.69) is 30.9 Å². The van der Waals surface area contributed by atoms with E-state index in [1.807, 2.05) is 13.8 Å². The third kappa shape index (κ3) is 2.45. The molecule has 2 rings (SSSR count). The van der Waals surface area contributed by atoms with Crippen LogP contribution in [0.25, 0.3) is 11.0 Å². The van der Waals surface area contributed by atoms with E-state index in [-0.39, 0.29) is 6.61 Å². The fourth-order valence-corrected chi connectivity index (χ4v) is 1.94. The number of fused-ring (bicyclic) bond motifs is 1. The molecule has 0 saturated heterocycles. The SMILES string of the molecule is CCC(CC)(CO)Nc1nc(NN)nc2[nH]ncc12. The van der Waals surface area contributed by atoms with Gasteiger partial charge in [-0.2, -0.15) is 15.1 Å². The van der Waals surface area contributed by atoms with Crippen LogP contribution >= 0.6 is 0 Å². The molecule has 0 fully saturated rings. The Hall–Kier alpha value is -1.93. The molecule has 0 aliphatic rings. The predicted molar refractivity (Wildman–Crippen MR) is 73.5 cm³/mol. The van der Waals surface area contributed by atoms with Crippen molar-refractivity contribution in [2.75, 3.05) is 17.3 Å². The van der Waals surface area contributed by atoms with E-state index in [0.717, 1.165) is 18.2 Å². The molecule has 0 aliphatic heterocycles. The summed E-state index contributed by atoms with van der Waals surface area (Å²) in [5.74, 6) is 6.24. The largest absolute Gasteiger partial charge is 0.394 e. The van der Waals surface area contributed by atoms with Crippen LogP contribution in [-0.4, -0.2) is 37.4 Å². The summed E-state index contributed by atoms with van der Waals surface area (Å²) in [4.78, 5) is 8.44. The fraction of sp³-hybridized carbons (Fsp3) is 0.545. The van der Waals surface area contributed by atoms with Gasteiger partial charge in [0.25, 0.3) is 0 Å². The molecule has 2 aromatic heterocycles. The summed E-state index contributed by atoms with van der Waals surface area (Å²) < 4.78 is 0. The van der Waals surface area contributed by atoms with Crippen LogP contribution in [0.1, 0.15) is 26.7 Å². The van der Waals surface area contributed by atoms with Gasteiger partial charge in [0.2, 0.25) is 5.95 Å². The minimum Gasteiger partial charge on any atom is -0.394 e. The standard InChI is InChI=1S/C11H19N7O/c1-3-11(4-2,6-19)16-8-7-5-13-18-9(7)15-10(14-8)17-12/h5,19H,3-4,6,12H2,1-2H3,(H3,13,14,15,16,17,18). The molecule has 0 unspecified atom stereocenters. The Kier molecular flexibility index (Phi) is 3.82. The van der Waals surface area contributed by atoms with Crippen molar-refractivity contribution in [1.29, 1.82) is 0 Å². The van der Waals surface area contributed by atoms with E-state index in [9.17, 15) is 5.11 Å². The summed E-state index contributed by atoms with van der Waals surface area (Å²) in [6.07, 6.45) is 3.19. The van der Waals surface area contributed by atoms with E-state index in [0.29, 0.717) is 17.4 Å². The van der Waals surface area contributed by atoms with Gasteiger partial charge in [-0.15, -0.1) is 0 Å². The Morgan fingerprint density at radius 3 is 2.68 bits per heavy atom. The molecule has 19 heavy (non-hydrogen) atoms. The maximum atomic E-state index is 9.62. The van der Waals surface area contributed by atoms with Gasteiger partial charge in [-0.05, 0) is 12.8 Å². The highest BCUT2D eigenvalue weighted by atomic mass is 16.3. The highest BCUT2D eigenvalue weighted by molar-refractivity contribution is 5.87. The molecule has 0 aliphatic carbocycles. The number of hydrogen-bond donors (Lipinski definition) is 5. The summed E-state index contributed by atoms with van der Waals surface area (Å²) in [6, 6.07) is 0. The molecule has 6 N–H and O–H groups in total. The number of aliphatic hydroxyl groups excluding tert-OH is 1. The molecule has 0 amide bonds. The van der Waals surface area contributed by atoms with E-state index in [1.54, 1.807) is 6.20 Å². The molecule has 104 valence electrons. The van der Waals surface area contributed by atoms with Crippen molar-refractivity contribution in [2.24, 2.45) is 5.84 Å². The van der Waals surface area contributed by atoms with Gasteiger partial charge in [0.1, 0.15) is 5.82 Å². The average molecular weight is 265 g/mol. The zero-order chi connectivity index (χ0) is 13.9. The number of hydrogen-bond acceptors (Lipinski definition) is 7. The van der Waals surface area contributed by atoms with Crippen LogP contribution in [0, 0.1) is 0 Å². The maximum Gasteiger partial charge on any atom is 0.241 e. The first-order chi connectivity index (χ1) is 9.18. The molecule has 0 aromatic carbocycles. The summed E-state index contributed by atoms with van der Waals surface area (Å²) in [5, 5.41) is 20.4. The molecule has 0 radical (unpaired) electrons. The van der Waals surface area contributed by atoms with Gasteiger partial charge in [-0.25, -0.2) is 5.84 Å². The lowest BCUT2D eigenvalue weighted by atomic mass is 9.94. The number of H-pyrrole nitrogens is 1. The zero-order valence-corrected chi connectivity index (χ0v) is 11.1. The Balaban J connectivity index is 2.46. The average Bonchev–Trinajstić information content (AvgIpc) is 2.93. The molecule has 2 aromatic rings. The number of hydrazine groups is 1. The number of aromatic nitrogens is 4. The van der Waals surface area contributed by atoms with Crippen LogP contribution < -0.4 is 16.6 Å². The second-order valence-electron chi connectivity index (χ2n) is 4.44. The lowest BCUT2D eigenvalue weighted by Gasteiger charge is -2.31. The lowest BCUT2D eigenvalue weighted by Crippen LogP contribution is -2.41. The van der Waals surface area contributed by atoms with Gasteiger partial charge in [0.05, 0.1) is 23.7 Å². The van der Waals surface area contributed by atoms with E-state index in [4.69, 9.17) is 5.84 Å². The quantitative estimate of drug-likeness (QED) is 0.382. The minimum atomic E-state index is -0.412. The lowest BCUT2D eigenvalue weighted by molar-refractivity contribution is 0.202. The summed E-state index contributed by atoms with van der Waals surface area (Å²) >= 11 is 0. The fourth-order valence-electron chi connectivity index (χ4n) is 1.94. The number of nitrogens with one attached hydrogen (secondary N) is 3. The summed E-state index contributed by atoms with van der Waals surface area (Å²) in [5.41, 5.74) is 2.59. The third-order valence-corrected chi connectivity index (χ3v) is 3.48. The number of nitrogen functional groups attached to an aromatic ring is 1. The van der Waals surface area contributed by atoms with Crippen molar-refractivity contribution >= 4 is 22.8 Å². The molecule has 0 spiro atoms. The van der Waals surface area contributed by atoms with Crippen LogP contribution in [0.2, 0.25) is 0 Å². The van der Waals surface area contributed by atoms with Crippen LogP contribution in [0.15, 0.2) is 6.20 Å². The van der Waals surface area contributed by atoms with Crippen molar-refractivity contribution < 1.29 is 5.11 Å². The van der Waals surface area contributed by atoms with Gasteiger partial charge < -0.3 is 10.4 Å². The van der Waals surface area contributed by atoms with Crippen LogP contribution in [-0.2, 0) is 0 Å². The second kappa shape index (κ2) is 5.37. The topological polar surface area (TPSA) is 125 Å². The first-order valence-corrected chi connectivity index (χ1v) is 6.24. The number of nitrogens with two attached hydrogens (primary N) is 1.